The minimum atomic E-state index is -2.78. The Hall–Kier alpha value is -2.92. The molecule has 1 N–H and O–H groups in total. The van der Waals surface area contributed by atoms with Crippen LogP contribution in [0, 0.1) is 5.82 Å². The predicted molar refractivity (Wildman–Crippen MR) is 105 cm³/mol. The van der Waals surface area contributed by atoms with E-state index in [0.29, 0.717) is 11.3 Å². The van der Waals surface area contributed by atoms with Gasteiger partial charge in [0.15, 0.2) is 0 Å². The van der Waals surface area contributed by atoms with Crippen molar-refractivity contribution in [2.45, 2.75) is 18.9 Å². The Bertz CT molecular complexity index is 1050. The molecule has 0 bridgehead atoms. The van der Waals surface area contributed by atoms with Crippen LogP contribution in [0.4, 0.5) is 13.2 Å². The number of likely N-dealkylation sites (tertiary alicyclic amines) is 1. The molecule has 0 radical (unpaired) electrons. The van der Waals surface area contributed by atoms with Gasteiger partial charge in [-0.05, 0) is 19.1 Å². The fourth-order valence-electron chi connectivity index (χ4n) is 3.47. The number of hydrogen-bond donors (Lipinski definition) is 1. The summed E-state index contributed by atoms with van der Waals surface area (Å²) in [6.07, 6.45) is 2.87. The highest BCUT2D eigenvalue weighted by molar-refractivity contribution is 6.31. The molecule has 3 heterocycles. The maximum atomic E-state index is 13.6. The molecule has 0 spiro atoms. The lowest BCUT2D eigenvalue weighted by molar-refractivity contribution is -0.139. The van der Waals surface area contributed by atoms with E-state index in [4.69, 9.17) is 16.3 Å². The van der Waals surface area contributed by atoms with Crippen LogP contribution in [-0.2, 0) is 9.53 Å². The highest BCUT2D eigenvalue weighted by atomic mass is 35.5. The molecule has 1 aromatic carbocycles. The molecule has 1 saturated heterocycles. The van der Waals surface area contributed by atoms with E-state index < -0.39 is 36.8 Å². The normalized spacial score (nSPS) is 20.7. The predicted octanol–water partition coefficient (Wildman–Crippen LogP) is 2.39. The molecule has 2 aromatic rings. The summed E-state index contributed by atoms with van der Waals surface area (Å²) in [6, 6.07) is 2.74. The van der Waals surface area contributed by atoms with Gasteiger partial charge < -0.3 is 10.1 Å². The summed E-state index contributed by atoms with van der Waals surface area (Å²) in [5.74, 6) is -3.85. The van der Waals surface area contributed by atoms with E-state index in [1.165, 1.54) is 34.2 Å². The molecule has 2 aliphatic heterocycles. The van der Waals surface area contributed by atoms with Crippen LogP contribution in [0.3, 0.4) is 0 Å². The average Bonchev–Trinajstić information content (AvgIpc) is 3.21. The number of ether oxygens (including phenoxy) is 1. The number of carbonyl (C=O) groups excluding carboxylic acids is 1. The largest absolute Gasteiger partial charge is 0.463 e. The van der Waals surface area contributed by atoms with Gasteiger partial charge in [-0.3, -0.25) is 4.90 Å². The molecule has 1 aromatic heterocycles. The molecular weight excluding hydrogens is 437 g/mol. The zero-order valence-corrected chi connectivity index (χ0v) is 17.1. The second-order valence-electron chi connectivity index (χ2n) is 7.08. The van der Waals surface area contributed by atoms with Crippen molar-refractivity contribution in [1.82, 2.24) is 25.2 Å². The second-order valence-corrected chi connectivity index (χ2v) is 7.49. The molecule has 8 nitrogen and oxygen atoms in total. The first-order valence-electron chi connectivity index (χ1n) is 9.44. The van der Waals surface area contributed by atoms with Crippen molar-refractivity contribution in [3.8, 4) is 0 Å². The summed E-state index contributed by atoms with van der Waals surface area (Å²) in [4.78, 5) is 20.0. The van der Waals surface area contributed by atoms with Gasteiger partial charge >= 0.3 is 5.97 Å². The Balaban J connectivity index is 1.80. The highest BCUT2D eigenvalue weighted by Gasteiger charge is 2.45. The van der Waals surface area contributed by atoms with Crippen LogP contribution in [0.5, 0.6) is 0 Å². The number of esters is 1. The van der Waals surface area contributed by atoms with Crippen LogP contribution in [0.15, 0.2) is 46.9 Å². The van der Waals surface area contributed by atoms with Crippen LogP contribution >= 0.6 is 11.6 Å². The zero-order chi connectivity index (χ0) is 22.2. The summed E-state index contributed by atoms with van der Waals surface area (Å²) >= 11 is 6.26. The van der Waals surface area contributed by atoms with Crippen LogP contribution in [-0.4, -0.2) is 64.0 Å². The fraction of sp³-hybridized carbons (Fsp3) is 0.368. The van der Waals surface area contributed by atoms with Crippen molar-refractivity contribution in [2.24, 2.45) is 4.99 Å². The second kappa shape index (κ2) is 8.31. The lowest BCUT2D eigenvalue weighted by Gasteiger charge is -2.40. The number of hydrogen-bond acceptors (Lipinski definition) is 7. The molecule has 2 aliphatic rings. The number of nitrogens with zero attached hydrogens (tertiary/aromatic N) is 5. The van der Waals surface area contributed by atoms with E-state index in [1.54, 1.807) is 6.92 Å². The third kappa shape index (κ3) is 4.42. The molecule has 0 aliphatic carbocycles. The first-order chi connectivity index (χ1) is 14.8. The minimum Gasteiger partial charge on any atom is -0.463 e. The third-order valence-corrected chi connectivity index (χ3v) is 5.09. The maximum Gasteiger partial charge on any atom is 0.338 e. The van der Waals surface area contributed by atoms with Crippen molar-refractivity contribution >= 4 is 23.5 Å². The van der Waals surface area contributed by atoms with Gasteiger partial charge in [-0.1, -0.05) is 17.7 Å². The Morgan fingerprint density at radius 3 is 2.65 bits per heavy atom. The first kappa shape index (κ1) is 21.3. The lowest BCUT2D eigenvalue weighted by Crippen LogP contribution is -2.57. The van der Waals surface area contributed by atoms with Crippen molar-refractivity contribution in [3.63, 3.8) is 0 Å². The topological polar surface area (TPSA) is 84.6 Å². The van der Waals surface area contributed by atoms with Gasteiger partial charge in [0, 0.05) is 22.8 Å². The van der Waals surface area contributed by atoms with Gasteiger partial charge in [-0.15, -0.1) is 4.80 Å². The summed E-state index contributed by atoms with van der Waals surface area (Å²) in [7, 11) is 0. The van der Waals surface area contributed by atoms with Crippen molar-refractivity contribution in [3.05, 3.63) is 58.3 Å². The van der Waals surface area contributed by atoms with Crippen LogP contribution < -0.4 is 5.32 Å². The molecule has 164 valence electrons. The Kier molecular flexibility index (Phi) is 5.71. The number of halogens is 4. The number of benzene rings is 1. The SMILES string of the molecule is CCOC(=O)C1=C(CN2CC(F)(F)C2)NC(n2nccn2)=N[C@H]1c1ccc(F)cc1Cl. The average molecular weight is 455 g/mol. The molecule has 12 heteroatoms. The van der Waals surface area contributed by atoms with Crippen LogP contribution in [0.2, 0.25) is 5.02 Å². The number of rotatable bonds is 5. The van der Waals surface area contributed by atoms with Gasteiger partial charge in [0.25, 0.3) is 5.92 Å². The minimum absolute atomic E-state index is 0.0132. The first-order valence-corrected chi connectivity index (χ1v) is 9.82. The van der Waals surface area contributed by atoms with Crippen LogP contribution in [0.1, 0.15) is 18.5 Å². The molecule has 31 heavy (non-hydrogen) atoms. The van der Waals surface area contributed by atoms with E-state index in [0.717, 1.165) is 6.07 Å². The Labute approximate surface area is 180 Å². The molecule has 1 fully saturated rings. The molecule has 0 saturated carbocycles. The van der Waals surface area contributed by atoms with Gasteiger partial charge in [-0.2, -0.15) is 10.2 Å². The van der Waals surface area contributed by atoms with Gasteiger partial charge in [-0.25, -0.2) is 23.0 Å². The summed E-state index contributed by atoms with van der Waals surface area (Å²) in [6.45, 7) is 0.871. The van der Waals surface area contributed by atoms with E-state index >= 15 is 0 Å². The van der Waals surface area contributed by atoms with E-state index in [2.05, 4.69) is 20.5 Å². The van der Waals surface area contributed by atoms with Gasteiger partial charge in [0.2, 0.25) is 5.96 Å². The quantitative estimate of drug-likeness (QED) is 0.698. The molecular formula is C19H18ClF3N6O2. The molecule has 0 amide bonds. The fourth-order valence-corrected chi connectivity index (χ4v) is 3.74. The number of nitrogens with one attached hydrogen (secondary N) is 1. The third-order valence-electron chi connectivity index (χ3n) is 4.76. The summed E-state index contributed by atoms with van der Waals surface area (Å²) in [5, 5.41) is 11.1. The van der Waals surface area contributed by atoms with Crippen molar-refractivity contribution in [2.75, 3.05) is 26.2 Å². The van der Waals surface area contributed by atoms with Crippen molar-refractivity contribution in [1.29, 1.82) is 0 Å². The maximum absolute atomic E-state index is 13.6. The number of carbonyl (C=O) groups is 1. The standard InChI is InChI=1S/C19H18ClF3N6O2/c1-2-31-17(30)15-14(8-28-9-19(22,23)10-28)26-18(29-24-5-6-25-29)27-16(15)12-4-3-11(21)7-13(12)20/h3-7,16H,2,8-10H2,1H3,(H,26,27)/t16-/m0/s1. The lowest BCUT2D eigenvalue weighted by atomic mass is 9.95. The molecule has 4 rings (SSSR count). The monoisotopic (exact) mass is 454 g/mol. The van der Waals surface area contributed by atoms with Crippen molar-refractivity contribution < 1.29 is 22.7 Å². The van der Waals surface area contributed by atoms with Gasteiger partial charge in [0.05, 0.1) is 37.7 Å². The van der Waals surface area contributed by atoms with Gasteiger partial charge in [0.1, 0.15) is 11.9 Å². The zero-order valence-electron chi connectivity index (χ0n) is 16.4. The number of aromatic nitrogens is 3. The Morgan fingerprint density at radius 1 is 1.32 bits per heavy atom. The highest BCUT2D eigenvalue weighted by Crippen LogP contribution is 2.37. The van der Waals surface area contributed by atoms with Crippen LogP contribution in [0.25, 0.3) is 0 Å². The summed E-state index contributed by atoms with van der Waals surface area (Å²) < 4.78 is 45.6. The molecule has 0 unspecified atom stereocenters. The summed E-state index contributed by atoms with van der Waals surface area (Å²) in [5.41, 5.74) is 0.756. The molecule has 1 atom stereocenters. The van der Waals surface area contributed by atoms with E-state index in [-0.39, 0.29) is 29.7 Å². The number of alkyl halides is 2. The van der Waals surface area contributed by atoms with E-state index in [9.17, 15) is 18.0 Å². The number of aliphatic imine (C=N–C) groups is 1. The van der Waals surface area contributed by atoms with E-state index in [1.807, 2.05) is 0 Å². The Morgan fingerprint density at radius 2 is 2.03 bits per heavy atom. The smallest absolute Gasteiger partial charge is 0.338 e.